The van der Waals surface area contributed by atoms with Gasteiger partial charge in [-0.3, -0.25) is 19.9 Å². The fourth-order valence-electron chi connectivity index (χ4n) is 16.9. The first-order valence-corrected chi connectivity index (χ1v) is 33.7. The molecule has 1 spiro atoms. The highest BCUT2D eigenvalue weighted by molar-refractivity contribution is 5.99. The summed E-state index contributed by atoms with van der Waals surface area (Å²) >= 11 is 0. The third-order valence-corrected chi connectivity index (χ3v) is 21.7. The van der Waals surface area contributed by atoms with Crippen LogP contribution in [0.2, 0.25) is 0 Å². The van der Waals surface area contributed by atoms with Crippen molar-refractivity contribution in [1.82, 2.24) is 16.0 Å². The molecule has 14 N–H and O–H groups in total. The summed E-state index contributed by atoms with van der Waals surface area (Å²) in [5.74, 6) is 4.76. The van der Waals surface area contributed by atoms with E-state index in [2.05, 4.69) is 70.6 Å². The standard InChI is InChI=1S/C75H101N7O8/c1-47-15-10-11-38-90-46-55(24-12-16-48(2)64(33-26-47)79-43-49-17-6-4-7-18-49)58-35-37-75(70(58)87)63-32-31-57(84)40-50-19-13-20-51(39-50)41-61(62(44-81-73(77)78)52-27-29-56(83)30-28-52)66(86)45-80-69-68-54(23-14-25-60(68)71(76)82-72(69)88)42-65(85)67(53-21-8-5-9-22-53)59(63)34-36-74(75,3)89/h12-14,16,19-20,23-30,39,49,53,57-58,61-64,66,69-71,79-80,83-84,86-87,89H,2,4-9,15,17-18,21-22,31-38,40-46,76H2,1,3H3,(H,82,88)(H4,77,78,81). The van der Waals surface area contributed by atoms with Crippen molar-refractivity contribution in [2.45, 2.75) is 197 Å². The van der Waals surface area contributed by atoms with Gasteiger partial charge in [0.05, 0.1) is 30.5 Å². The summed E-state index contributed by atoms with van der Waals surface area (Å²) in [4.78, 5) is 35.1. The number of rotatable bonds is 9. The zero-order chi connectivity index (χ0) is 63.5. The lowest BCUT2D eigenvalue weighted by Gasteiger charge is -2.56. The number of hydrogen-bond acceptors (Lipinski definition) is 12. The van der Waals surface area contributed by atoms with E-state index in [-0.39, 0.29) is 68.1 Å². The average Bonchev–Trinajstić information content (AvgIpc) is 1.43. The smallest absolute Gasteiger partial charge is 0.243 e. The van der Waals surface area contributed by atoms with E-state index < -0.39 is 65.2 Å². The van der Waals surface area contributed by atoms with Gasteiger partial charge in [-0.1, -0.05) is 147 Å². The van der Waals surface area contributed by atoms with E-state index in [1.54, 1.807) is 24.3 Å². The molecule has 4 saturated carbocycles. The highest BCUT2D eigenvalue weighted by Crippen LogP contribution is 2.64. The largest absolute Gasteiger partial charge is 0.508 e. The zero-order valence-corrected chi connectivity index (χ0v) is 53.3. The number of Topliss-reactive ketones (excluding diaryl/α,β-unsaturated/α-hetero) is 1. The number of aromatic hydroxyl groups is 1. The molecule has 0 saturated heterocycles. The lowest BCUT2D eigenvalue weighted by molar-refractivity contribution is -0.168. The SMILES string of the molecule is C=C1C=CC=C(C2CCC3(C4CCC(O)Cc5cccc(c5)CC(C(CN=C(N)N)c5ccc(O)cc5)C(O)CNC5C(=O)NC(N)c6cccc(c65)CC(=O)C(C5CCCCC5)=C4CCC3(C)O)C2O)COCC#CCC(C)=CCC1NCC1CCCCC1. The van der Waals surface area contributed by atoms with Crippen molar-refractivity contribution in [2.24, 2.45) is 57.2 Å². The van der Waals surface area contributed by atoms with E-state index in [4.69, 9.17) is 21.9 Å². The predicted octanol–water partition coefficient (Wildman–Crippen LogP) is 9.33. The summed E-state index contributed by atoms with van der Waals surface area (Å²) in [5.41, 5.74) is 25.5. The molecule has 12 unspecified atom stereocenters. The maximum Gasteiger partial charge on any atom is 0.243 e. The fourth-order valence-corrected chi connectivity index (χ4v) is 16.9. The van der Waals surface area contributed by atoms with Crippen molar-refractivity contribution >= 4 is 17.6 Å². The zero-order valence-electron chi connectivity index (χ0n) is 53.3. The molecule has 0 aromatic heterocycles. The van der Waals surface area contributed by atoms with E-state index in [0.717, 1.165) is 84.1 Å². The number of benzene rings is 3. The average molecular weight is 1230 g/mol. The maximum atomic E-state index is 16.2. The summed E-state index contributed by atoms with van der Waals surface area (Å²) in [7, 11) is 0. The molecule has 3 aromatic carbocycles. The van der Waals surface area contributed by atoms with Gasteiger partial charge in [0.1, 0.15) is 24.6 Å². The monoisotopic (exact) mass is 1230 g/mol. The first kappa shape index (κ1) is 66.7. The number of fused-ring (bicyclic) bond motifs is 4. The van der Waals surface area contributed by atoms with Gasteiger partial charge in [-0.25, -0.2) is 0 Å². The number of amides is 1. The van der Waals surface area contributed by atoms with Gasteiger partial charge in [-0.05, 0) is 190 Å². The molecule has 15 heteroatoms. The lowest BCUT2D eigenvalue weighted by atomic mass is 9.51. The molecule has 15 nitrogen and oxygen atoms in total. The Bertz CT molecular complexity index is 3230. The number of ether oxygens (including phenoxy) is 1. The third-order valence-electron chi connectivity index (χ3n) is 21.7. The van der Waals surface area contributed by atoms with Crippen LogP contribution in [-0.2, 0) is 33.6 Å². The molecule has 12 atom stereocenters. The second-order valence-electron chi connectivity index (χ2n) is 27.7. The van der Waals surface area contributed by atoms with Crippen molar-refractivity contribution in [3.63, 3.8) is 0 Å². The number of β-amino-alcohol motifs (C(OH)–C–C–N with tert-alkyl or cyclic N) is 1. The number of phenolic OH excluding ortho intramolecular Hbond substituents is 1. The van der Waals surface area contributed by atoms with Gasteiger partial charge >= 0.3 is 0 Å². The maximum absolute atomic E-state index is 16.2. The second kappa shape index (κ2) is 30.5. The molecule has 3 aliphatic heterocycles. The number of carbonyl (C=O) groups excluding carboxylic acids is 2. The molecule has 484 valence electrons. The van der Waals surface area contributed by atoms with Gasteiger partial charge in [0.2, 0.25) is 5.91 Å². The molecule has 3 heterocycles. The Labute approximate surface area is 534 Å². The van der Waals surface area contributed by atoms with E-state index >= 15 is 4.79 Å². The topological polar surface area (TPSA) is 271 Å². The second-order valence-corrected chi connectivity index (χ2v) is 27.7. The molecule has 4 aliphatic carbocycles. The highest BCUT2D eigenvalue weighted by atomic mass is 16.5. The van der Waals surface area contributed by atoms with Gasteiger partial charge in [-0.2, -0.15) is 0 Å². The summed E-state index contributed by atoms with van der Waals surface area (Å²) < 4.78 is 6.39. The number of nitrogens with zero attached hydrogens (tertiary/aromatic N) is 1. The Kier molecular flexibility index (Phi) is 22.6. The normalized spacial score (nSPS) is 31.1. The van der Waals surface area contributed by atoms with Crippen LogP contribution in [0, 0.1) is 46.8 Å². The van der Waals surface area contributed by atoms with Gasteiger partial charge < -0.3 is 58.1 Å². The van der Waals surface area contributed by atoms with Crippen molar-refractivity contribution in [3.8, 4) is 17.6 Å². The number of hydrogen-bond donors (Lipinski definition) is 11. The van der Waals surface area contributed by atoms with Crippen LogP contribution in [0.3, 0.4) is 0 Å². The molecule has 4 fully saturated rings. The van der Waals surface area contributed by atoms with E-state index in [1.807, 2.05) is 49.4 Å². The van der Waals surface area contributed by atoms with E-state index in [9.17, 15) is 30.3 Å². The third kappa shape index (κ3) is 15.6. The minimum atomic E-state index is -1.37. The van der Waals surface area contributed by atoms with Crippen LogP contribution in [0.25, 0.3) is 0 Å². The molecular weight excluding hydrogens is 1130 g/mol. The number of ketones is 1. The molecule has 7 aliphatic rings. The Morgan fingerprint density at radius 3 is 2.39 bits per heavy atom. The number of aliphatic hydroxyl groups is 4. The van der Waals surface area contributed by atoms with Crippen LogP contribution in [0.4, 0.5) is 0 Å². The van der Waals surface area contributed by atoms with Gasteiger partial charge in [0, 0.05) is 49.2 Å². The first-order valence-electron chi connectivity index (χ1n) is 33.7. The van der Waals surface area contributed by atoms with Gasteiger partial charge in [-0.15, -0.1) is 0 Å². The Morgan fingerprint density at radius 1 is 0.900 bits per heavy atom. The number of carbonyl (C=O) groups is 2. The number of phenols is 1. The molecule has 10 rings (SSSR count). The predicted molar refractivity (Wildman–Crippen MR) is 356 cm³/mol. The van der Waals surface area contributed by atoms with Crippen LogP contribution in [0.5, 0.6) is 5.75 Å². The van der Waals surface area contributed by atoms with Crippen LogP contribution in [0.15, 0.2) is 130 Å². The van der Waals surface area contributed by atoms with Crippen LogP contribution in [-0.4, -0.2) is 106 Å². The number of aliphatic hydroxyl groups excluding tert-OH is 3. The highest BCUT2D eigenvalue weighted by Gasteiger charge is 2.64. The first-order chi connectivity index (χ1) is 43.4. The minimum absolute atomic E-state index is 0.0286. The van der Waals surface area contributed by atoms with E-state index in [1.165, 1.54) is 37.7 Å². The summed E-state index contributed by atoms with van der Waals surface area (Å²) in [5, 5.41) is 72.8. The number of allylic oxidation sites excluding steroid dienone is 5. The molecule has 3 aromatic rings. The molecule has 2 bridgehead atoms. The molecular formula is C75H101N7O8. The number of nitrogens with one attached hydrogen (secondary N) is 3. The van der Waals surface area contributed by atoms with E-state index in [0.29, 0.717) is 80.4 Å². The van der Waals surface area contributed by atoms with Crippen molar-refractivity contribution in [3.05, 3.63) is 159 Å². The number of aliphatic imine (C=N–C) groups is 1. The molecule has 0 radical (unpaired) electrons. The Hall–Kier alpha value is -6.19. The van der Waals surface area contributed by atoms with Crippen LogP contribution in [0.1, 0.15) is 181 Å². The van der Waals surface area contributed by atoms with Crippen LogP contribution < -0.4 is 33.2 Å². The van der Waals surface area contributed by atoms with Gasteiger partial charge in [0.25, 0.3) is 0 Å². The summed E-state index contributed by atoms with van der Waals surface area (Å²) in [6.07, 6.45) is 20.3. The van der Waals surface area contributed by atoms with Crippen molar-refractivity contribution in [1.29, 1.82) is 0 Å². The Morgan fingerprint density at radius 2 is 1.63 bits per heavy atom. The fraction of sp³-hybridized carbons (Fsp3) is 0.560. The number of guanidine groups is 1. The van der Waals surface area contributed by atoms with Crippen LogP contribution >= 0.6 is 0 Å². The molecule has 1 amide bonds. The minimum Gasteiger partial charge on any atom is -0.508 e. The lowest BCUT2D eigenvalue weighted by Crippen LogP contribution is -2.59. The van der Waals surface area contributed by atoms with Crippen molar-refractivity contribution < 1.29 is 39.9 Å². The van der Waals surface area contributed by atoms with Crippen molar-refractivity contribution in [2.75, 3.05) is 32.8 Å². The number of nitrogens with two attached hydrogens (primary N) is 3. The van der Waals surface area contributed by atoms with Gasteiger partial charge in [0.15, 0.2) is 11.7 Å². The summed E-state index contributed by atoms with van der Waals surface area (Å²) in [6.45, 7) is 10.1. The Balaban J connectivity index is 1.06. The summed E-state index contributed by atoms with van der Waals surface area (Å²) in [6, 6.07) is 19.5. The molecule has 90 heavy (non-hydrogen) atoms. The quantitative estimate of drug-likeness (QED) is 0.0413.